The van der Waals surface area contributed by atoms with Gasteiger partial charge in [-0.05, 0) is 48.4 Å². The minimum Gasteiger partial charge on any atom is -0.340 e. The molecule has 1 aliphatic heterocycles. The van der Waals surface area contributed by atoms with Crippen molar-refractivity contribution >= 4 is 43.8 Å². The average Bonchev–Trinajstić information content (AvgIpc) is 2.64. The number of carbonyl (C=O) groups is 1. The normalized spacial score (nSPS) is 14.3. The molecule has 0 saturated carbocycles. The number of benzene rings is 2. The van der Waals surface area contributed by atoms with E-state index in [1.165, 1.54) is 12.6 Å². The van der Waals surface area contributed by atoms with Crippen molar-refractivity contribution in [3.63, 3.8) is 0 Å². The topological polar surface area (TPSA) is 92.3 Å². The van der Waals surface area contributed by atoms with E-state index >= 15 is 0 Å². The number of hydrogen-bond donors (Lipinski definition) is 1. The molecule has 0 radical (unpaired) electrons. The summed E-state index contributed by atoms with van der Waals surface area (Å²) in [5, 5.41) is 3.88. The van der Waals surface area contributed by atoms with Gasteiger partial charge in [-0.3, -0.25) is 4.79 Å². The number of hydrogen-bond acceptors (Lipinski definition) is 6. The summed E-state index contributed by atoms with van der Waals surface area (Å²) in [6.07, 6.45) is 3.79. The Labute approximate surface area is 157 Å². The van der Waals surface area contributed by atoms with Crippen molar-refractivity contribution in [3.8, 4) is 0 Å². The summed E-state index contributed by atoms with van der Waals surface area (Å²) in [6.45, 7) is 0. The zero-order chi connectivity index (χ0) is 19.2. The number of aryl methyl sites for hydroxylation is 1. The van der Waals surface area contributed by atoms with Gasteiger partial charge in [0, 0.05) is 36.5 Å². The van der Waals surface area contributed by atoms with Gasteiger partial charge in [-0.2, -0.15) is 0 Å². The standard InChI is InChI=1S/C19H18N4O3S/c1-23-17-7-4-13(9-12(17)3-8-18(23)24)22-19-15-10-14(27(2,25)26)5-6-16(15)20-11-21-19/h4-7,9-11H,3,8H2,1-2H3,(H,20,21,22). The lowest BCUT2D eigenvalue weighted by Gasteiger charge is -2.26. The molecule has 1 aliphatic rings. The number of carbonyl (C=O) groups excluding carboxylic acids is 1. The van der Waals surface area contributed by atoms with Crippen LogP contribution in [0.25, 0.3) is 10.9 Å². The van der Waals surface area contributed by atoms with E-state index in [0.717, 1.165) is 16.9 Å². The highest BCUT2D eigenvalue weighted by Crippen LogP contribution is 2.31. The average molecular weight is 382 g/mol. The summed E-state index contributed by atoms with van der Waals surface area (Å²) in [5.74, 6) is 0.643. The molecular formula is C19H18N4O3S. The molecule has 138 valence electrons. The highest BCUT2D eigenvalue weighted by atomic mass is 32.2. The maximum Gasteiger partial charge on any atom is 0.227 e. The Bertz CT molecular complexity index is 1170. The SMILES string of the molecule is CN1C(=O)CCc2cc(Nc3ncnc4ccc(S(C)(=O)=O)cc34)ccc21. The Kier molecular flexibility index (Phi) is 4.07. The van der Waals surface area contributed by atoms with Crippen LogP contribution in [0, 0.1) is 0 Å². The van der Waals surface area contributed by atoms with Crippen molar-refractivity contribution in [2.45, 2.75) is 17.7 Å². The first-order valence-corrected chi connectivity index (χ1v) is 10.3. The van der Waals surface area contributed by atoms with E-state index in [9.17, 15) is 13.2 Å². The van der Waals surface area contributed by atoms with Crippen LogP contribution in [0.15, 0.2) is 47.6 Å². The Hall–Kier alpha value is -3.00. The van der Waals surface area contributed by atoms with Crippen LogP contribution in [0.3, 0.4) is 0 Å². The molecule has 0 fully saturated rings. The number of nitrogens with zero attached hydrogens (tertiary/aromatic N) is 3. The van der Waals surface area contributed by atoms with Gasteiger partial charge in [-0.1, -0.05) is 0 Å². The van der Waals surface area contributed by atoms with Crippen LogP contribution in [0.2, 0.25) is 0 Å². The number of amides is 1. The highest BCUT2D eigenvalue weighted by molar-refractivity contribution is 7.90. The van der Waals surface area contributed by atoms with Gasteiger partial charge >= 0.3 is 0 Å². The Balaban J connectivity index is 1.75. The summed E-state index contributed by atoms with van der Waals surface area (Å²) in [5.41, 5.74) is 3.46. The molecule has 4 rings (SSSR count). The van der Waals surface area contributed by atoms with Gasteiger partial charge in [0.25, 0.3) is 0 Å². The first-order valence-electron chi connectivity index (χ1n) is 8.44. The van der Waals surface area contributed by atoms with Gasteiger partial charge in [-0.15, -0.1) is 0 Å². The van der Waals surface area contributed by atoms with Crippen LogP contribution in [0.5, 0.6) is 0 Å². The summed E-state index contributed by atoms with van der Waals surface area (Å²) in [7, 11) is -1.55. The minimum absolute atomic E-state index is 0.110. The van der Waals surface area contributed by atoms with E-state index in [0.29, 0.717) is 29.6 Å². The lowest BCUT2D eigenvalue weighted by atomic mass is 10.0. The number of anilines is 3. The molecule has 0 aliphatic carbocycles. The molecule has 1 amide bonds. The number of fused-ring (bicyclic) bond motifs is 2. The van der Waals surface area contributed by atoms with Crippen LogP contribution in [0.1, 0.15) is 12.0 Å². The molecule has 0 unspecified atom stereocenters. The Morgan fingerprint density at radius 3 is 2.67 bits per heavy atom. The second kappa shape index (κ2) is 6.31. The van der Waals surface area contributed by atoms with Gasteiger partial charge in [0.05, 0.1) is 10.4 Å². The molecule has 7 nitrogen and oxygen atoms in total. The van der Waals surface area contributed by atoms with Crippen molar-refractivity contribution in [1.29, 1.82) is 0 Å². The monoisotopic (exact) mass is 382 g/mol. The highest BCUT2D eigenvalue weighted by Gasteiger charge is 2.21. The van der Waals surface area contributed by atoms with E-state index in [-0.39, 0.29) is 10.8 Å². The molecule has 0 atom stereocenters. The maximum absolute atomic E-state index is 11.9. The van der Waals surface area contributed by atoms with E-state index < -0.39 is 9.84 Å². The van der Waals surface area contributed by atoms with Gasteiger partial charge in [0.1, 0.15) is 12.1 Å². The fourth-order valence-electron chi connectivity index (χ4n) is 3.24. The number of sulfone groups is 1. The van der Waals surface area contributed by atoms with Crippen molar-refractivity contribution in [1.82, 2.24) is 9.97 Å². The second-order valence-electron chi connectivity index (χ2n) is 6.59. The fourth-order valence-corrected chi connectivity index (χ4v) is 3.88. The number of nitrogens with one attached hydrogen (secondary N) is 1. The first-order chi connectivity index (χ1) is 12.8. The Morgan fingerprint density at radius 1 is 1.07 bits per heavy atom. The third kappa shape index (κ3) is 3.23. The molecule has 0 spiro atoms. The van der Waals surface area contributed by atoms with Crippen LogP contribution in [-0.4, -0.2) is 37.6 Å². The van der Waals surface area contributed by atoms with Crippen molar-refractivity contribution in [2.24, 2.45) is 0 Å². The third-order valence-corrected chi connectivity index (χ3v) is 5.83. The molecule has 0 saturated heterocycles. The Morgan fingerprint density at radius 2 is 1.89 bits per heavy atom. The zero-order valence-electron chi connectivity index (χ0n) is 14.9. The molecule has 27 heavy (non-hydrogen) atoms. The minimum atomic E-state index is -3.33. The van der Waals surface area contributed by atoms with E-state index in [1.807, 2.05) is 18.2 Å². The molecule has 1 aromatic heterocycles. The van der Waals surface area contributed by atoms with Crippen molar-refractivity contribution in [2.75, 3.05) is 23.5 Å². The van der Waals surface area contributed by atoms with E-state index in [4.69, 9.17) is 0 Å². The van der Waals surface area contributed by atoms with E-state index in [1.54, 1.807) is 30.1 Å². The molecule has 3 aromatic rings. The molecule has 2 heterocycles. The lowest BCUT2D eigenvalue weighted by molar-refractivity contribution is -0.118. The third-order valence-electron chi connectivity index (χ3n) is 4.72. The molecule has 1 N–H and O–H groups in total. The molecule has 8 heteroatoms. The van der Waals surface area contributed by atoms with Gasteiger partial charge in [0.15, 0.2) is 9.84 Å². The molecule has 0 bridgehead atoms. The summed E-state index contributed by atoms with van der Waals surface area (Å²) in [4.78, 5) is 22.2. The van der Waals surface area contributed by atoms with Crippen molar-refractivity contribution < 1.29 is 13.2 Å². The second-order valence-corrected chi connectivity index (χ2v) is 8.61. The van der Waals surface area contributed by atoms with Crippen LogP contribution in [-0.2, 0) is 21.1 Å². The van der Waals surface area contributed by atoms with Crippen LogP contribution in [0.4, 0.5) is 17.2 Å². The summed E-state index contributed by atoms with van der Waals surface area (Å²) >= 11 is 0. The summed E-state index contributed by atoms with van der Waals surface area (Å²) < 4.78 is 23.7. The summed E-state index contributed by atoms with van der Waals surface area (Å²) in [6, 6.07) is 10.6. The largest absolute Gasteiger partial charge is 0.340 e. The zero-order valence-corrected chi connectivity index (χ0v) is 15.7. The van der Waals surface area contributed by atoms with Crippen molar-refractivity contribution in [3.05, 3.63) is 48.3 Å². The quantitative estimate of drug-likeness (QED) is 0.749. The van der Waals surface area contributed by atoms with Gasteiger partial charge < -0.3 is 10.2 Å². The number of aromatic nitrogens is 2. The predicted molar refractivity (Wildman–Crippen MR) is 104 cm³/mol. The number of rotatable bonds is 3. The lowest BCUT2D eigenvalue weighted by Crippen LogP contribution is -2.31. The first kappa shape index (κ1) is 17.4. The van der Waals surface area contributed by atoms with Crippen LogP contribution < -0.4 is 10.2 Å². The molecule has 2 aromatic carbocycles. The predicted octanol–water partition coefficient (Wildman–Crippen LogP) is 2.69. The van der Waals surface area contributed by atoms with E-state index in [2.05, 4.69) is 15.3 Å². The molecular weight excluding hydrogens is 364 g/mol. The smallest absolute Gasteiger partial charge is 0.227 e. The fraction of sp³-hybridized carbons (Fsp3) is 0.211. The maximum atomic E-state index is 11.9. The van der Waals surface area contributed by atoms with Gasteiger partial charge in [-0.25, -0.2) is 18.4 Å². The van der Waals surface area contributed by atoms with Crippen LogP contribution >= 0.6 is 0 Å². The van der Waals surface area contributed by atoms with Gasteiger partial charge in [0.2, 0.25) is 5.91 Å².